The van der Waals surface area contributed by atoms with Crippen LogP contribution in [-0.4, -0.2) is 29.5 Å². The number of carbonyl (C=O) groups is 1. The Morgan fingerprint density at radius 2 is 2.07 bits per heavy atom. The summed E-state index contributed by atoms with van der Waals surface area (Å²) in [7, 11) is 3.20. The number of aromatic nitrogens is 2. The van der Waals surface area contributed by atoms with Crippen molar-refractivity contribution in [2.75, 3.05) is 14.2 Å². The van der Waals surface area contributed by atoms with Crippen LogP contribution in [0.25, 0.3) is 16.9 Å². The van der Waals surface area contributed by atoms with Crippen LogP contribution >= 0.6 is 11.3 Å². The summed E-state index contributed by atoms with van der Waals surface area (Å²) in [6, 6.07) is 13.2. The molecule has 1 aromatic carbocycles. The molecule has 6 nitrogen and oxygen atoms in total. The van der Waals surface area contributed by atoms with E-state index in [-0.39, 0.29) is 5.91 Å². The van der Waals surface area contributed by atoms with Crippen LogP contribution in [0.5, 0.6) is 11.5 Å². The molecule has 0 atom stereocenters. The molecule has 28 heavy (non-hydrogen) atoms. The van der Waals surface area contributed by atoms with E-state index in [2.05, 4.69) is 10.3 Å². The summed E-state index contributed by atoms with van der Waals surface area (Å²) in [5.74, 6) is 1.13. The summed E-state index contributed by atoms with van der Waals surface area (Å²) in [6.07, 6.45) is 1.92. The summed E-state index contributed by atoms with van der Waals surface area (Å²) in [5, 5.41) is 6.96. The van der Waals surface area contributed by atoms with Crippen LogP contribution < -0.4 is 14.8 Å². The molecule has 0 spiro atoms. The molecule has 142 valence electrons. The fourth-order valence-electron chi connectivity index (χ4n) is 3.09. The number of hydrogen-bond acceptors (Lipinski definition) is 5. The van der Waals surface area contributed by atoms with Gasteiger partial charge in [-0.2, -0.15) is 11.3 Å². The van der Waals surface area contributed by atoms with Crippen molar-refractivity contribution in [3.8, 4) is 22.8 Å². The highest BCUT2D eigenvalue weighted by molar-refractivity contribution is 7.08. The van der Waals surface area contributed by atoms with E-state index in [0.717, 1.165) is 22.5 Å². The maximum absolute atomic E-state index is 13.0. The molecule has 3 heterocycles. The lowest BCUT2D eigenvalue weighted by atomic mass is 10.1. The first-order valence-electron chi connectivity index (χ1n) is 8.70. The Kier molecular flexibility index (Phi) is 4.99. The molecular formula is C21H19N3O3S. The number of thiophene rings is 1. The molecule has 0 saturated heterocycles. The quantitative estimate of drug-likeness (QED) is 0.538. The first-order valence-corrected chi connectivity index (χ1v) is 9.64. The van der Waals surface area contributed by atoms with Gasteiger partial charge in [-0.15, -0.1) is 0 Å². The summed E-state index contributed by atoms with van der Waals surface area (Å²) in [5.41, 5.74) is 3.75. The standard InChI is InChI=1S/C21H19N3O3S/c1-26-16-7-6-14(17(11-16)27-2)12-22-21(25)19-20(15-8-10-28-13-15)24-9-4-3-5-18(24)23-19/h3-11,13H,12H2,1-2H3,(H,22,25). The van der Waals surface area contributed by atoms with Gasteiger partial charge < -0.3 is 14.8 Å². The summed E-state index contributed by atoms with van der Waals surface area (Å²) in [6.45, 7) is 0.322. The normalized spacial score (nSPS) is 10.8. The molecule has 0 aliphatic heterocycles. The predicted molar refractivity (Wildman–Crippen MR) is 109 cm³/mol. The molecule has 0 aliphatic carbocycles. The lowest BCUT2D eigenvalue weighted by molar-refractivity contribution is 0.0947. The van der Waals surface area contributed by atoms with Crippen LogP contribution in [0.1, 0.15) is 16.1 Å². The van der Waals surface area contributed by atoms with Gasteiger partial charge in [-0.3, -0.25) is 9.20 Å². The SMILES string of the molecule is COc1ccc(CNC(=O)c2nc3ccccn3c2-c2ccsc2)c(OC)c1. The lowest BCUT2D eigenvalue weighted by Gasteiger charge is -2.11. The average Bonchev–Trinajstić information content (AvgIpc) is 3.39. The van der Waals surface area contributed by atoms with Gasteiger partial charge in [0.05, 0.1) is 19.9 Å². The Balaban J connectivity index is 1.64. The number of nitrogens with one attached hydrogen (secondary N) is 1. The van der Waals surface area contributed by atoms with E-state index < -0.39 is 0 Å². The van der Waals surface area contributed by atoms with Crippen LogP contribution in [-0.2, 0) is 6.54 Å². The lowest BCUT2D eigenvalue weighted by Crippen LogP contribution is -2.24. The van der Waals surface area contributed by atoms with Gasteiger partial charge in [0.15, 0.2) is 5.69 Å². The van der Waals surface area contributed by atoms with Gasteiger partial charge in [0.25, 0.3) is 5.91 Å². The number of nitrogens with zero attached hydrogens (tertiary/aromatic N) is 2. The van der Waals surface area contributed by atoms with Crippen molar-refractivity contribution in [3.05, 3.63) is 70.7 Å². The number of pyridine rings is 1. The summed E-state index contributed by atoms with van der Waals surface area (Å²) in [4.78, 5) is 17.5. The molecule has 0 bridgehead atoms. The third kappa shape index (κ3) is 3.32. The molecule has 0 fully saturated rings. The van der Waals surface area contributed by atoms with Crippen molar-refractivity contribution in [3.63, 3.8) is 0 Å². The Labute approximate surface area is 166 Å². The highest BCUT2D eigenvalue weighted by Crippen LogP contribution is 2.28. The molecule has 0 aliphatic rings. The van der Waals surface area contributed by atoms with Crippen molar-refractivity contribution in [2.24, 2.45) is 0 Å². The van der Waals surface area contributed by atoms with Crippen LogP contribution in [0.3, 0.4) is 0 Å². The van der Waals surface area contributed by atoms with Crippen LogP contribution in [0.15, 0.2) is 59.4 Å². The second kappa shape index (κ2) is 7.74. The minimum Gasteiger partial charge on any atom is -0.497 e. The van der Waals surface area contributed by atoms with Gasteiger partial charge in [-0.1, -0.05) is 6.07 Å². The molecule has 3 aromatic heterocycles. The summed E-state index contributed by atoms with van der Waals surface area (Å²) >= 11 is 1.58. The minimum absolute atomic E-state index is 0.234. The van der Waals surface area contributed by atoms with Gasteiger partial charge in [-0.25, -0.2) is 4.98 Å². The third-order valence-electron chi connectivity index (χ3n) is 4.47. The Bertz CT molecular complexity index is 1120. The zero-order valence-electron chi connectivity index (χ0n) is 15.5. The van der Waals surface area contributed by atoms with Crippen molar-refractivity contribution in [1.82, 2.24) is 14.7 Å². The van der Waals surface area contributed by atoms with Gasteiger partial charge in [0.1, 0.15) is 17.1 Å². The third-order valence-corrected chi connectivity index (χ3v) is 5.16. The molecule has 1 N–H and O–H groups in total. The number of fused-ring (bicyclic) bond motifs is 1. The van der Waals surface area contributed by atoms with Gasteiger partial charge in [0, 0.05) is 35.3 Å². The Hall–Kier alpha value is -3.32. The molecule has 0 unspecified atom stereocenters. The fraction of sp³-hybridized carbons (Fsp3) is 0.143. The highest BCUT2D eigenvalue weighted by Gasteiger charge is 2.20. The Morgan fingerprint density at radius 3 is 2.82 bits per heavy atom. The van der Waals surface area contributed by atoms with E-state index in [0.29, 0.717) is 23.7 Å². The van der Waals surface area contributed by atoms with Crippen molar-refractivity contribution >= 4 is 22.9 Å². The van der Waals surface area contributed by atoms with Crippen LogP contribution in [0, 0.1) is 0 Å². The fourth-order valence-corrected chi connectivity index (χ4v) is 3.73. The number of rotatable bonds is 6. The van der Waals surface area contributed by atoms with Crippen molar-refractivity contribution < 1.29 is 14.3 Å². The van der Waals surface area contributed by atoms with Crippen molar-refractivity contribution in [1.29, 1.82) is 0 Å². The van der Waals surface area contributed by atoms with Gasteiger partial charge in [0.2, 0.25) is 0 Å². The molecular weight excluding hydrogens is 374 g/mol. The Morgan fingerprint density at radius 1 is 1.18 bits per heavy atom. The average molecular weight is 393 g/mol. The largest absolute Gasteiger partial charge is 0.497 e. The zero-order valence-corrected chi connectivity index (χ0v) is 16.3. The van der Waals surface area contributed by atoms with E-state index in [1.165, 1.54) is 0 Å². The molecule has 0 saturated carbocycles. The molecule has 1 amide bonds. The van der Waals surface area contributed by atoms with Crippen molar-refractivity contribution in [2.45, 2.75) is 6.54 Å². The number of benzene rings is 1. The van der Waals surface area contributed by atoms with Gasteiger partial charge in [-0.05, 0) is 35.7 Å². The molecule has 4 rings (SSSR count). The first-order chi connectivity index (χ1) is 13.7. The monoisotopic (exact) mass is 393 g/mol. The maximum Gasteiger partial charge on any atom is 0.272 e. The van der Waals surface area contributed by atoms with Crippen LogP contribution in [0.4, 0.5) is 0 Å². The van der Waals surface area contributed by atoms with E-state index in [9.17, 15) is 4.79 Å². The van der Waals surface area contributed by atoms with Gasteiger partial charge >= 0.3 is 0 Å². The number of ether oxygens (including phenoxy) is 2. The smallest absolute Gasteiger partial charge is 0.272 e. The van der Waals surface area contributed by atoms with E-state index >= 15 is 0 Å². The number of imidazole rings is 1. The number of amides is 1. The first kappa shape index (κ1) is 18.1. The number of hydrogen-bond donors (Lipinski definition) is 1. The van der Waals surface area contributed by atoms with E-state index in [4.69, 9.17) is 9.47 Å². The van der Waals surface area contributed by atoms with Crippen LogP contribution in [0.2, 0.25) is 0 Å². The second-order valence-corrected chi connectivity index (χ2v) is 6.89. The second-order valence-electron chi connectivity index (χ2n) is 6.11. The minimum atomic E-state index is -0.234. The topological polar surface area (TPSA) is 64.9 Å². The maximum atomic E-state index is 13.0. The number of methoxy groups -OCH3 is 2. The molecule has 7 heteroatoms. The molecule has 4 aromatic rings. The zero-order chi connectivity index (χ0) is 19.5. The highest BCUT2D eigenvalue weighted by atomic mass is 32.1. The molecule has 0 radical (unpaired) electrons. The van der Waals surface area contributed by atoms with E-state index in [1.807, 2.05) is 57.8 Å². The van der Waals surface area contributed by atoms with E-state index in [1.54, 1.807) is 31.6 Å². The number of carbonyl (C=O) groups excluding carboxylic acids is 1. The summed E-state index contributed by atoms with van der Waals surface area (Å²) < 4.78 is 12.6. The predicted octanol–water partition coefficient (Wildman–Crippen LogP) is 4.01.